The van der Waals surface area contributed by atoms with Crippen molar-refractivity contribution in [2.24, 2.45) is 4.99 Å². The Balaban J connectivity index is 1.73. The highest BCUT2D eigenvalue weighted by molar-refractivity contribution is 5.71. The highest BCUT2D eigenvalue weighted by Gasteiger charge is 2.42. The Morgan fingerprint density at radius 1 is 1.24 bits per heavy atom. The van der Waals surface area contributed by atoms with E-state index in [1.807, 2.05) is 12.3 Å². The molecule has 4 heteroatoms. The number of nitrogens with zero attached hydrogens (tertiary/aromatic N) is 2. The molecule has 1 aliphatic heterocycles. The van der Waals surface area contributed by atoms with E-state index in [0.717, 1.165) is 12.0 Å². The summed E-state index contributed by atoms with van der Waals surface area (Å²) in [4.78, 5) is 6.29. The SMILES string of the molecule is Fc1ccc(C2CC2N2C=CC=NC2)cc1F. The molecular weight excluding hydrogens is 222 g/mol. The first-order chi connectivity index (χ1) is 8.25. The number of aliphatic imine (C=N–C) groups is 1. The third-order valence-electron chi connectivity index (χ3n) is 3.27. The maximum Gasteiger partial charge on any atom is 0.159 e. The molecule has 2 atom stereocenters. The molecule has 0 N–H and O–H groups in total. The summed E-state index contributed by atoms with van der Waals surface area (Å²) in [7, 11) is 0. The van der Waals surface area contributed by atoms with E-state index in [1.54, 1.807) is 12.3 Å². The van der Waals surface area contributed by atoms with Gasteiger partial charge < -0.3 is 4.90 Å². The maximum absolute atomic E-state index is 13.1. The molecule has 0 amide bonds. The van der Waals surface area contributed by atoms with Gasteiger partial charge in [-0.2, -0.15) is 0 Å². The van der Waals surface area contributed by atoms with Gasteiger partial charge in [-0.25, -0.2) is 8.78 Å². The summed E-state index contributed by atoms with van der Waals surface area (Å²) in [6.07, 6.45) is 6.64. The summed E-state index contributed by atoms with van der Waals surface area (Å²) < 4.78 is 25.9. The second-order valence-corrected chi connectivity index (χ2v) is 4.41. The van der Waals surface area contributed by atoms with E-state index in [0.29, 0.717) is 18.6 Å². The van der Waals surface area contributed by atoms with Gasteiger partial charge in [0.2, 0.25) is 0 Å². The standard InChI is InChI=1S/C13H12F2N2/c14-11-3-2-9(6-12(11)15)10-7-13(10)17-5-1-4-16-8-17/h1-6,10,13H,7-8H2. The average Bonchev–Trinajstić information content (AvgIpc) is 3.14. The number of hydrogen-bond donors (Lipinski definition) is 0. The number of rotatable bonds is 2. The van der Waals surface area contributed by atoms with Crippen LogP contribution in [0, 0.1) is 11.6 Å². The van der Waals surface area contributed by atoms with Crippen LogP contribution in [0.2, 0.25) is 0 Å². The topological polar surface area (TPSA) is 15.6 Å². The molecular formula is C13H12F2N2. The Labute approximate surface area is 98.3 Å². The van der Waals surface area contributed by atoms with Crippen LogP contribution in [0.15, 0.2) is 35.5 Å². The molecule has 17 heavy (non-hydrogen) atoms. The van der Waals surface area contributed by atoms with Crippen LogP contribution in [0.25, 0.3) is 0 Å². The zero-order valence-electron chi connectivity index (χ0n) is 9.18. The van der Waals surface area contributed by atoms with E-state index in [9.17, 15) is 8.78 Å². The quantitative estimate of drug-likeness (QED) is 0.768. The minimum Gasteiger partial charge on any atom is -0.355 e. The zero-order chi connectivity index (χ0) is 11.8. The van der Waals surface area contributed by atoms with Crippen molar-refractivity contribution in [3.8, 4) is 0 Å². The van der Waals surface area contributed by atoms with E-state index < -0.39 is 11.6 Å². The molecule has 2 unspecified atom stereocenters. The van der Waals surface area contributed by atoms with Gasteiger partial charge in [0.15, 0.2) is 11.6 Å². The van der Waals surface area contributed by atoms with Crippen LogP contribution in [0.5, 0.6) is 0 Å². The van der Waals surface area contributed by atoms with Crippen molar-refractivity contribution in [2.75, 3.05) is 6.67 Å². The third-order valence-corrected chi connectivity index (χ3v) is 3.27. The van der Waals surface area contributed by atoms with Crippen molar-refractivity contribution in [3.05, 3.63) is 47.7 Å². The second kappa shape index (κ2) is 3.95. The lowest BCUT2D eigenvalue weighted by atomic mass is 10.1. The lowest BCUT2D eigenvalue weighted by Crippen LogP contribution is -2.23. The average molecular weight is 234 g/mol. The Morgan fingerprint density at radius 3 is 2.82 bits per heavy atom. The predicted octanol–water partition coefficient (Wildman–Crippen LogP) is 2.68. The monoisotopic (exact) mass is 234 g/mol. The van der Waals surface area contributed by atoms with Crippen LogP contribution in [-0.2, 0) is 0 Å². The molecule has 1 saturated carbocycles. The minimum atomic E-state index is -0.784. The molecule has 0 aromatic heterocycles. The smallest absolute Gasteiger partial charge is 0.159 e. The van der Waals surface area contributed by atoms with Crippen molar-refractivity contribution < 1.29 is 8.78 Å². The first kappa shape index (κ1) is 10.4. The molecule has 2 aliphatic rings. The van der Waals surface area contributed by atoms with Crippen LogP contribution in [-0.4, -0.2) is 23.8 Å². The van der Waals surface area contributed by atoms with Crippen LogP contribution in [0.1, 0.15) is 17.9 Å². The van der Waals surface area contributed by atoms with E-state index in [1.165, 1.54) is 12.1 Å². The molecule has 0 spiro atoms. The van der Waals surface area contributed by atoms with Crippen molar-refractivity contribution >= 4 is 6.21 Å². The van der Waals surface area contributed by atoms with Gasteiger partial charge in [0.05, 0.1) is 0 Å². The van der Waals surface area contributed by atoms with E-state index >= 15 is 0 Å². The zero-order valence-corrected chi connectivity index (χ0v) is 9.18. The number of hydrogen-bond acceptors (Lipinski definition) is 2. The van der Waals surface area contributed by atoms with Gasteiger partial charge in [0, 0.05) is 24.4 Å². The summed E-state index contributed by atoms with van der Waals surface area (Å²) in [5.41, 5.74) is 0.872. The van der Waals surface area contributed by atoms with E-state index in [4.69, 9.17) is 0 Å². The summed E-state index contributed by atoms with van der Waals surface area (Å²) in [5.74, 6) is -1.25. The maximum atomic E-state index is 13.1. The molecule has 1 aliphatic carbocycles. The molecule has 1 aromatic rings. The van der Waals surface area contributed by atoms with Gasteiger partial charge in [-0.05, 0) is 30.2 Å². The first-order valence-electron chi connectivity index (χ1n) is 5.63. The summed E-state index contributed by atoms with van der Waals surface area (Å²) in [5, 5.41) is 0. The third kappa shape index (κ3) is 1.95. The highest BCUT2D eigenvalue weighted by atomic mass is 19.2. The van der Waals surface area contributed by atoms with Crippen molar-refractivity contribution in [3.63, 3.8) is 0 Å². The van der Waals surface area contributed by atoms with Crippen molar-refractivity contribution in [1.29, 1.82) is 0 Å². The molecule has 88 valence electrons. The molecule has 1 aromatic carbocycles. The summed E-state index contributed by atoms with van der Waals surface area (Å²) in [6, 6.07) is 4.54. The van der Waals surface area contributed by atoms with Crippen LogP contribution < -0.4 is 0 Å². The number of halogens is 2. The summed E-state index contributed by atoms with van der Waals surface area (Å²) >= 11 is 0. The lowest BCUT2D eigenvalue weighted by molar-refractivity contribution is 0.369. The van der Waals surface area contributed by atoms with E-state index in [-0.39, 0.29) is 0 Å². The lowest BCUT2D eigenvalue weighted by Gasteiger charge is -2.20. The van der Waals surface area contributed by atoms with Gasteiger partial charge in [-0.15, -0.1) is 0 Å². The number of allylic oxidation sites excluding steroid dienone is 1. The molecule has 2 nitrogen and oxygen atoms in total. The molecule has 3 rings (SSSR count). The molecule has 0 saturated heterocycles. The largest absolute Gasteiger partial charge is 0.355 e. The van der Waals surface area contributed by atoms with Gasteiger partial charge in [0.1, 0.15) is 6.67 Å². The van der Waals surface area contributed by atoms with Crippen molar-refractivity contribution in [2.45, 2.75) is 18.4 Å². The fourth-order valence-corrected chi connectivity index (χ4v) is 2.26. The highest BCUT2D eigenvalue weighted by Crippen LogP contribution is 2.45. The molecule has 1 heterocycles. The van der Waals surface area contributed by atoms with Crippen LogP contribution in [0.3, 0.4) is 0 Å². The van der Waals surface area contributed by atoms with Gasteiger partial charge in [-0.1, -0.05) is 6.07 Å². The first-order valence-corrected chi connectivity index (χ1v) is 5.63. The Morgan fingerprint density at radius 2 is 2.12 bits per heavy atom. The van der Waals surface area contributed by atoms with Gasteiger partial charge >= 0.3 is 0 Å². The summed E-state index contributed by atoms with van der Waals surface area (Å²) in [6.45, 7) is 0.654. The van der Waals surface area contributed by atoms with Crippen molar-refractivity contribution in [1.82, 2.24) is 4.90 Å². The van der Waals surface area contributed by atoms with E-state index in [2.05, 4.69) is 9.89 Å². The molecule has 1 fully saturated rings. The fraction of sp³-hybridized carbons (Fsp3) is 0.308. The van der Waals surface area contributed by atoms with Crippen LogP contribution >= 0.6 is 0 Å². The Kier molecular flexibility index (Phi) is 2.42. The van der Waals surface area contributed by atoms with Crippen LogP contribution in [0.4, 0.5) is 8.78 Å². The number of benzene rings is 1. The minimum absolute atomic E-state index is 0.294. The molecule has 0 radical (unpaired) electrons. The second-order valence-electron chi connectivity index (χ2n) is 4.41. The fourth-order valence-electron chi connectivity index (χ4n) is 2.26. The Hall–Kier alpha value is -1.71. The van der Waals surface area contributed by atoms with Gasteiger partial charge in [0.25, 0.3) is 0 Å². The normalized spacial score (nSPS) is 26.4. The molecule has 0 bridgehead atoms. The Bertz CT molecular complexity index is 496. The predicted molar refractivity (Wildman–Crippen MR) is 61.8 cm³/mol. The van der Waals surface area contributed by atoms with Gasteiger partial charge in [-0.3, -0.25) is 4.99 Å².